The van der Waals surface area contributed by atoms with Gasteiger partial charge in [0.15, 0.2) is 0 Å². The number of carbonyl (C=O) groups is 1. The third-order valence-corrected chi connectivity index (χ3v) is 5.09. The lowest BCUT2D eigenvalue weighted by molar-refractivity contribution is 0.0953. The number of ether oxygens (including phenoxy) is 1. The van der Waals surface area contributed by atoms with Gasteiger partial charge in [-0.15, -0.1) is 0 Å². The van der Waals surface area contributed by atoms with Crippen molar-refractivity contribution in [3.8, 4) is 5.75 Å². The Morgan fingerprint density at radius 3 is 2.54 bits per heavy atom. The van der Waals surface area contributed by atoms with Crippen molar-refractivity contribution in [2.45, 2.75) is 32.1 Å². The van der Waals surface area contributed by atoms with Gasteiger partial charge in [-0.1, -0.05) is 25.1 Å². The Bertz CT molecular complexity index is 879. The molecule has 0 aromatic heterocycles. The van der Waals surface area contributed by atoms with Gasteiger partial charge in [-0.25, -0.2) is 8.42 Å². The number of para-hydroxylation sites is 2. The highest BCUT2D eigenvalue weighted by atomic mass is 32.2. The van der Waals surface area contributed by atoms with Gasteiger partial charge in [0.2, 0.25) is 0 Å². The number of anilines is 1. The van der Waals surface area contributed by atoms with Crippen LogP contribution in [-0.4, -0.2) is 27.5 Å². The maximum Gasteiger partial charge on any atom is 0.262 e. The van der Waals surface area contributed by atoms with Crippen molar-refractivity contribution in [2.75, 3.05) is 17.9 Å². The van der Waals surface area contributed by atoms with Gasteiger partial charge in [0.1, 0.15) is 5.75 Å². The van der Waals surface area contributed by atoms with Crippen LogP contribution in [0, 0.1) is 6.92 Å². The molecule has 1 amide bonds. The predicted molar refractivity (Wildman–Crippen MR) is 102 cm³/mol. The van der Waals surface area contributed by atoms with Crippen molar-refractivity contribution in [1.82, 2.24) is 5.32 Å². The number of benzene rings is 2. The van der Waals surface area contributed by atoms with Gasteiger partial charge in [0, 0.05) is 12.1 Å². The molecule has 140 valence electrons. The van der Waals surface area contributed by atoms with Crippen LogP contribution in [0.4, 0.5) is 5.69 Å². The second kappa shape index (κ2) is 8.71. The predicted octanol–water partition coefficient (Wildman–Crippen LogP) is 3.33. The number of hydrogen-bond donors (Lipinski definition) is 2. The molecule has 0 fully saturated rings. The highest BCUT2D eigenvalue weighted by molar-refractivity contribution is 7.92. The van der Waals surface area contributed by atoms with Crippen LogP contribution in [0.5, 0.6) is 5.75 Å². The molecule has 0 aliphatic rings. The summed E-state index contributed by atoms with van der Waals surface area (Å²) in [6.07, 6.45) is 0.804. The Hall–Kier alpha value is -2.54. The molecular formula is C19H24N2O4S. The monoisotopic (exact) mass is 376 g/mol. The van der Waals surface area contributed by atoms with Gasteiger partial charge in [-0.2, -0.15) is 0 Å². The van der Waals surface area contributed by atoms with Crippen LogP contribution in [0.25, 0.3) is 0 Å². The molecule has 0 heterocycles. The molecule has 0 radical (unpaired) electrons. The number of hydrogen-bond acceptors (Lipinski definition) is 4. The third-order valence-electron chi connectivity index (χ3n) is 3.73. The van der Waals surface area contributed by atoms with Crippen molar-refractivity contribution in [1.29, 1.82) is 0 Å². The molecule has 0 saturated carbocycles. The lowest BCUT2D eigenvalue weighted by atomic mass is 10.1. The zero-order chi connectivity index (χ0) is 19.2. The number of sulfonamides is 1. The standard InChI is InChI=1S/C19H24N2O4S/c1-4-12-20-19(22)16-13-15(11-10-14(16)3)26(23,24)21-17-8-6-7-9-18(17)25-5-2/h6-11,13,21H,4-5,12H2,1-3H3,(H,20,22). The van der Waals surface area contributed by atoms with Gasteiger partial charge < -0.3 is 10.1 Å². The summed E-state index contributed by atoms with van der Waals surface area (Å²) in [5.41, 5.74) is 1.42. The van der Waals surface area contributed by atoms with E-state index >= 15 is 0 Å². The molecule has 2 aromatic carbocycles. The largest absolute Gasteiger partial charge is 0.492 e. The van der Waals surface area contributed by atoms with Crippen molar-refractivity contribution in [3.05, 3.63) is 53.6 Å². The van der Waals surface area contributed by atoms with Gasteiger partial charge in [0.25, 0.3) is 15.9 Å². The lowest BCUT2D eigenvalue weighted by Crippen LogP contribution is -2.25. The second-order valence-corrected chi connectivity index (χ2v) is 7.45. The SMILES string of the molecule is CCCNC(=O)c1cc(S(=O)(=O)Nc2ccccc2OCC)ccc1C. The minimum Gasteiger partial charge on any atom is -0.492 e. The van der Waals surface area contributed by atoms with E-state index in [1.54, 1.807) is 37.3 Å². The number of rotatable bonds is 8. The summed E-state index contributed by atoms with van der Waals surface area (Å²) in [6, 6.07) is 11.3. The summed E-state index contributed by atoms with van der Waals surface area (Å²) in [4.78, 5) is 12.3. The lowest BCUT2D eigenvalue weighted by Gasteiger charge is -2.14. The fourth-order valence-electron chi connectivity index (χ4n) is 2.38. The highest BCUT2D eigenvalue weighted by Crippen LogP contribution is 2.27. The van der Waals surface area contributed by atoms with Crippen molar-refractivity contribution in [2.24, 2.45) is 0 Å². The first-order chi connectivity index (χ1) is 12.4. The summed E-state index contributed by atoms with van der Waals surface area (Å²) in [6.45, 7) is 6.51. The molecule has 0 unspecified atom stereocenters. The Balaban J connectivity index is 2.34. The molecule has 0 saturated heterocycles. The Morgan fingerprint density at radius 1 is 1.12 bits per heavy atom. The highest BCUT2D eigenvalue weighted by Gasteiger charge is 2.19. The van der Waals surface area contributed by atoms with Crippen molar-refractivity contribution < 1.29 is 17.9 Å². The summed E-state index contributed by atoms with van der Waals surface area (Å²) >= 11 is 0. The minimum absolute atomic E-state index is 0.0241. The number of carbonyl (C=O) groups excluding carboxylic acids is 1. The molecule has 0 aliphatic carbocycles. The first-order valence-corrected chi connectivity index (χ1v) is 10.0. The van der Waals surface area contributed by atoms with Crippen LogP contribution >= 0.6 is 0 Å². The number of aryl methyl sites for hydroxylation is 1. The zero-order valence-electron chi connectivity index (χ0n) is 15.2. The second-order valence-electron chi connectivity index (χ2n) is 5.77. The van der Waals surface area contributed by atoms with E-state index in [4.69, 9.17) is 4.74 Å². The first-order valence-electron chi connectivity index (χ1n) is 8.52. The van der Waals surface area contributed by atoms with Crippen LogP contribution < -0.4 is 14.8 Å². The average molecular weight is 376 g/mol. The fourth-order valence-corrected chi connectivity index (χ4v) is 3.48. The molecule has 0 atom stereocenters. The van der Waals surface area contributed by atoms with E-state index in [0.29, 0.717) is 35.7 Å². The van der Waals surface area contributed by atoms with E-state index < -0.39 is 10.0 Å². The van der Waals surface area contributed by atoms with Gasteiger partial charge in [-0.05, 0) is 50.1 Å². The zero-order valence-corrected chi connectivity index (χ0v) is 16.0. The van der Waals surface area contributed by atoms with E-state index in [1.807, 2.05) is 13.8 Å². The average Bonchev–Trinajstić information content (AvgIpc) is 2.61. The fraction of sp³-hybridized carbons (Fsp3) is 0.316. The van der Waals surface area contributed by atoms with Crippen molar-refractivity contribution in [3.63, 3.8) is 0 Å². The van der Waals surface area contributed by atoms with E-state index in [1.165, 1.54) is 12.1 Å². The quantitative estimate of drug-likeness (QED) is 0.740. The molecule has 7 heteroatoms. The normalized spacial score (nSPS) is 11.0. The summed E-state index contributed by atoms with van der Waals surface area (Å²) in [5, 5.41) is 2.77. The first kappa shape index (κ1) is 19.8. The van der Waals surface area contributed by atoms with Crippen LogP contribution in [0.1, 0.15) is 36.2 Å². The Morgan fingerprint density at radius 2 is 1.85 bits per heavy atom. The molecule has 2 aromatic rings. The maximum absolute atomic E-state index is 12.8. The molecule has 0 aliphatic heterocycles. The van der Waals surface area contributed by atoms with Crippen LogP contribution in [0.2, 0.25) is 0 Å². The molecular weight excluding hydrogens is 352 g/mol. The van der Waals surface area contributed by atoms with Gasteiger partial charge in [0.05, 0.1) is 17.2 Å². The molecule has 26 heavy (non-hydrogen) atoms. The number of amides is 1. The Labute approximate surface area is 154 Å². The minimum atomic E-state index is -3.86. The topological polar surface area (TPSA) is 84.5 Å². The maximum atomic E-state index is 12.8. The molecule has 0 bridgehead atoms. The van der Waals surface area contributed by atoms with Crippen LogP contribution in [-0.2, 0) is 10.0 Å². The van der Waals surface area contributed by atoms with E-state index in [0.717, 1.165) is 6.42 Å². The molecule has 6 nitrogen and oxygen atoms in total. The van der Waals surface area contributed by atoms with Crippen LogP contribution in [0.3, 0.4) is 0 Å². The number of nitrogens with one attached hydrogen (secondary N) is 2. The summed E-state index contributed by atoms with van der Waals surface area (Å²) < 4.78 is 33.5. The molecule has 2 N–H and O–H groups in total. The summed E-state index contributed by atoms with van der Waals surface area (Å²) in [5.74, 6) is 0.169. The van der Waals surface area contributed by atoms with Gasteiger partial charge >= 0.3 is 0 Å². The van der Waals surface area contributed by atoms with Gasteiger partial charge in [-0.3, -0.25) is 9.52 Å². The van der Waals surface area contributed by atoms with Crippen LogP contribution in [0.15, 0.2) is 47.4 Å². The van der Waals surface area contributed by atoms with E-state index in [2.05, 4.69) is 10.0 Å². The third kappa shape index (κ3) is 4.76. The molecule has 0 spiro atoms. The smallest absolute Gasteiger partial charge is 0.262 e. The van der Waals surface area contributed by atoms with Crippen molar-refractivity contribution >= 4 is 21.6 Å². The summed E-state index contributed by atoms with van der Waals surface area (Å²) in [7, 11) is -3.86. The Kier molecular flexibility index (Phi) is 6.63. The molecule has 2 rings (SSSR count). The van der Waals surface area contributed by atoms with E-state index in [9.17, 15) is 13.2 Å². The van der Waals surface area contributed by atoms with E-state index in [-0.39, 0.29) is 10.8 Å².